The molecule has 0 spiro atoms. The maximum Gasteiger partial charge on any atom is 0.309 e. The summed E-state index contributed by atoms with van der Waals surface area (Å²) < 4.78 is 0. The van der Waals surface area contributed by atoms with E-state index in [1.165, 1.54) is 0 Å². The lowest BCUT2D eigenvalue weighted by Crippen LogP contribution is -2.24. The summed E-state index contributed by atoms with van der Waals surface area (Å²) in [5.41, 5.74) is 2.40. The first-order valence-corrected chi connectivity index (χ1v) is 8.70. The van der Waals surface area contributed by atoms with Crippen LogP contribution in [-0.4, -0.2) is 47.1 Å². The van der Waals surface area contributed by atoms with Gasteiger partial charge < -0.3 is 15.3 Å². The molecule has 0 saturated heterocycles. The largest absolute Gasteiger partial charge is 0.481 e. The number of aromatic nitrogens is 1. The van der Waals surface area contributed by atoms with Crippen molar-refractivity contribution in [3.05, 3.63) is 36.0 Å². The first-order valence-electron chi connectivity index (χ1n) is 8.70. The zero-order chi connectivity index (χ0) is 17.4. The molecule has 0 saturated carbocycles. The molecule has 1 heterocycles. The smallest absolute Gasteiger partial charge is 0.309 e. The van der Waals surface area contributed by atoms with E-state index < -0.39 is 5.97 Å². The molecule has 0 fully saturated rings. The van der Waals surface area contributed by atoms with Crippen LogP contribution in [0.25, 0.3) is 10.9 Å². The van der Waals surface area contributed by atoms with Gasteiger partial charge in [-0.05, 0) is 44.6 Å². The standard InChI is InChI=1S/C19H27N3O2/c1-3-22(4-2)12-8-7-11-20-18-13-15(14-19(23)24)21-17-10-6-5-9-16(17)18/h5-6,9-10,13H,3-4,7-8,11-12,14H2,1-2H3,(H,20,21)(H,23,24). The number of carbonyl (C=O) groups is 1. The summed E-state index contributed by atoms with van der Waals surface area (Å²) >= 11 is 0. The summed E-state index contributed by atoms with van der Waals surface area (Å²) in [6, 6.07) is 9.71. The number of pyridine rings is 1. The lowest BCUT2D eigenvalue weighted by molar-refractivity contribution is -0.136. The van der Waals surface area contributed by atoms with E-state index >= 15 is 0 Å². The summed E-state index contributed by atoms with van der Waals surface area (Å²) in [7, 11) is 0. The summed E-state index contributed by atoms with van der Waals surface area (Å²) in [5, 5.41) is 13.5. The lowest BCUT2D eigenvalue weighted by Gasteiger charge is -2.18. The first-order chi connectivity index (χ1) is 11.6. The zero-order valence-electron chi connectivity index (χ0n) is 14.6. The molecule has 5 heteroatoms. The minimum atomic E-state index is -0.858. The number of unbranched alkanes of at least 4 members (excludes halogenated alkanes) is 1. The SMILES string of the molecule is CCN(CC)CCCCNc1cc(CC(=O)O)nc2ccccc12. The van der Waals surface area contributed by atoms with E-state index in [0.29, 0.717) is 5.69 Å². The maximum atomic E-state index is 11.0. The Labute approximate surface area is 143 Å². The molecule has 0 aliphatic heterocycles. The average molecular weight is 329 g/mol. The van der Waals surface area contributed by atoms with Gasteiger partial charge in [-0.2, -0.15) is 0 Å². The Hall–Kier alpha value is -2.14. The predicted molar refractivity (Wildman–Crippen MR) is 98.6 cm³/mol. The Balaban J connectivity index is 2.00. The molecule has 5 nitrogen and oxygen atoms in total. The van der Waals surface area contributed by atoms with Gasteiger partial charge >= 0.3 is 5.97 Å². The highest BCUT2D eigenvalue weighted by molar-refractivity contribution is 5.91. The molecule has 0 radical (unpaired) electrons. The van der Waals surface area contributed by atoms with E-state index in [1.54, 1.807) is 0 Å². The van der Waals surface area contributed by atoms with E-state index in [0.717, 1.165) is 55.6 Å². The van der Waals surface area contributed by atoms with Crippen LogP contribution in [0.3, 0.4) is 0 Å². The highest BCUT2D eigenvalue weighted by Gasteiger charge is 2.08. The van der Waals surface area contributed by atoms with Crippen molar-refractivity contribution in [3.63, 3.8) is 0 Å². The van der Waals surface area contributed by atoms with Crippen molar-refractivity contribution in [3.8, 4) is 0 Å². The maximum absolute atomic E-state index is 11.0. The highest BCUT2D eigenvalue weighted by atomic mass is 16.4. The van der Waals surface area contributed by atoms with Crippen molar-refractivity contribution in [1.82, 2.24) is 9.88 Å². The molecule has 0 aliphatic rings. The fourth-order valence-corrected chi connectivity index (χ4v) is 2.85. The molecule has 24 heavy (non-hydrogen) atoms. The molecule has 0 bridgehead atoms. The number of nitrogens with zero attached hydrogens (tertiary/aromatic N) is 2. The number of carboxylic acid groups (broad SMARTS) is 1. The van der Waals surface area contributed by atoms with Gasteiger partial charge in [0.1, 0.15) is 0 Å². The fourth-order valence-electron chi connectivity index (χ4n) is 2.85. The van der Waals surface area contributed by atoms with E-state index in [4.69, 9.17) is 5.11 Å². The Morgan fingerprint density at radius 3 is 2.67 bits per heavy atom. The monoisotopic (exact) mass is 329 g/mol. The van der Waals surface area contributed by atoms with Gasteiger partial charge in [0.05, 0.1) is 17.6 Å². The molecular weight excluding hydrogens is 302 g/mol. The normalized spacial score (nSPS) is 11.1. The van der Waals surface area contributed by atoms with E-state index in [9.17, 15) is 4.79 Å². The van der Waals surface area contributed by atoms with Crippen molar-refractivity contribution in [2.24, 2.45) is 0 Å². The second kappa shape index (κ2) is 9.23. The molecule has 2 rings (SSSR count). The Bertz CT molecular complexity index is 669. The predicted octanol–water partition coefficient (Wildman–Crippen LogP) is 3.40. The third-order valence-electron chi connectivity index (χ3n) is 4.21. The van der Waals surface area contributed by atoms with Crippen LogP contribution >= 0.6 is 0 Å². The number of para-hydroxylation sites is 1. The first kappa shape index (κ1) is 18.2. The number of fused-ring (bicyclic) bond motifs is 1. The molecule has 2 N–H and O–H groups in total. The second-order valence-corrected chi connectivity index (χ2v) is 5.91. The van der Waals surface area contributed by atoms with Crippen molar-refractivity contribution in [2.75, 3.05) is 31.5 Å². The minimum Gasteiger partial charge on any atom is -0.481 e. The third-order valence-corrected chi connectivity index (χ3v) is 4.21. The Kier molecular flexibility index (Phi) is 7.00. The van der Waals surface area contributed by atoms with Gasteiger partial charge in [-0.1, -0.05) is 32.0 Å². The van der Waals surface area contributed by atoms with Gasteiger partial charge in [0, 0.05) is 17.6 Å². The molecule has 0 aliphatic carbocycles. The van der Waals surface area contributed by atoms with Crippen molar-refractivity contribution in [1.29, 1.82) is 0 Å². The lowest BCUT2D eigenvalue weighted by atomic mass is 10.1. The van der Waals surface area contributed by atoms with Crippen LogP contribution in [0.2, 0.25) is 0 Å². The van der Waals surface area contributed by atoms with Crippen molar-refractivity contribution < 1.29 is 9.90 Å². The van der Waals surface area contributed by atoms with Crippen LogP contribution in [0.5, 0.6) is 0 Å². The Morgan fingerprint density at radius 2 is 1.96 bits per heavy atom. The minimum absolute atomic E-state index is 0.0541. The topological polar surface area (TPSA) is 65.5 Å². The van der Waals surface area contributed by atoms with E-state index in [1.807, 2.05) is 30.3 Å². The van der Waals surface area contributed by atoms with Crippen molar-refractivity contribution in [2.45, 2.75) is 33.1 Å². The number of hydrogen-bond acceptors (Lipinski definition) is 4. The molecule has 2 aromatic rings. The summed E-state index contributed by atoms with van der Waals surface area (Å²) in [5.74, 6) is -0.858. The van der Waals surface area contributed by atoms with Crippen LogP contribution in [-0.2, 0) is 11.2 Å². The number of anilines is 1. The molecular formula is C19H27N3O2. The zero-order valence-corrected chi connectivity index (χ0v) is 14.6. The number of rotatable bonds is 10. The van der Waals surface area contributed by atoms with Crippen LogP contribution in [0.4, 0.5) is 5.69 Å². The molecule has 0 unspecified atom stereocenters. The summed E-state index contributed by atoms with van der Waals surface area (Å²) in [4.78, 5) is 17.8. The van der Waals surface area contributed by atoms with Crippen LogP contribution in [0.15, 0.2) is 30.3 Å². The molecule has 0 atom stereocenters. The number of aliphatic carboxylic acids is 1. The number of nitrogens with one attached hydrogen (secondary N) is 1. The third kappa shape index (κ3) is 5.20. The highest BCUT2D eigenvalue weighted by Crippen LogP contribution is 2.23. The Morgan fingerprint density at radius 1 is 1.21 bits per heavy atom. The second-order valence-electron chi connectivity index (χ2n) is 5.91. The fraction of sp³-hybridized carbons (Fsp3) is 0.474. The van der Waals surface area contributed by atoms with Crippen LogP contribution in [0, 0.1) is 0 Å². The van der Waals surface area contributed by atoms with E-state index in [-0.39, 0.29) is 6.42 Å². The van der Waals surface area contributed by atoms with Gasteiger partial charge in [0.25, 0.3) is 0 Å². The molecule has 1 aromatic carbocycles. The van der Waals surface area contributed by atoms with Gasteiger partial charge in [-0.3, -0.25) is 9.78 Å². The van der Waals surface area contributed by atoms with Gasteiger partial charge in [-0.15, -0.1) is 0 Å². The molecule has 0 amide bonds. The van der Waals surface area contributed by atoms with Crippen molar-refractivity contribution >= 4 is 22.6 Å². The van der Waals surface area contributed by atoms with Gasteiger partial charge in [0.2, 0.25) is 0 Å². The van der Waals surface area contributed by atoms with Crippen LogP contribution in [0.1, 0.15) is 32.4 Å². The van der Waals surface area contributed by atoms with E-state index in [2.05, 4.69) is 29.0 Å². The molecule has 130 valence electrons. The molecule has 1 aromatic heterocycles. The summed E-state index contributed by atoms with van der Waals surface area (Å²) in [6.07, 6.45) is 2.18. The average Bonchev–Trinajstić information content (AvgIpc) is 2.57. The summed E-state index contributed by atoms with van der Waals surface area (Å²) in [6.45, 7) is 8.57. The van der Waals surface area contributed by atoms with Crippen LogP contribution < -0.4 is 5.32 Å². The van der Waals surface area contributed by atoms with Gasteiger partial charge in [-0.25, -0.2) is 0 Å². The number of hydrogen-bond donors (Lipinski definition) is 2. The number of carboxylic acids is 1. The quantitative estimate of drug-likeness (QED) is 0.654. The number of benzene rings is 1. The van der Waals surface area contributed by atoms with Gasteiger partial charge in [0.15, 0.2) is 0 Å².